The van der Waals surface area contributed by atoms with Gasteiger partial charge in [-0.25, -0.2) is 4.79 Å². The Morgan fingerprint density at radius 2 is 1.91 bits per heavy atom. The third kappa shape index (κ3) is 5.12. The highest BCUT2D eigenvalue weighted by Crippen LogP contribution is 2.35. The van der Waals surface area contributed by atoms with Crippen LogP contribution in [0.1, 0.15) is 45.6 Å². The Kier molecular flexibility index (Phi) is 6.26. The standard InChI is InChI=1S/C20H28O3/c1-14(2)18-11-5-15(3)13-19(18)23-20(21)12-8-16-6-9-17(22-4)10-7-16/h6-10,12,14-15,18-19H,5,11,13H2,1-4H3/b12-8+/t15-,18?,19-/m0/s1. The van der Waals surface area contributed by atoms with E-state index in [0.717, 1.165) is 24.2 Å². The van der Waals surface area contributed by atoms with Gasteiger partial charge < -0.3 is 9.47 Å². The molecule has 126 valence electrons. The third-order valence-corrected chi connectivity index (χ3v) is 4.76. The molecule has 1 aromatic carbocycles. The van der Waals surface area contributed by atoms with Gasteiger partial charge >= 0.3 is 5.97 Å². The fourth-order valence-corrected chi connectivity index (χ4v) is 3.32. The molecule has 1 fully saturated rings. The Bertz CT molecular complexity index is 530. The fraction of sp³-hybridized carbons (Fsp3) is 0.550. The van der Waals surface area contributed by atoms with Crippen LogP contribution in [-0.2, 0) is 9.53 Å². The van der Waals surface area contributed by atoms with E-state index in [1.54, 1.807) is 13.2 Å². The quantitative estimate of drug-likeness (QED) is 0.583. The molecule has 0 radical (unpaired) electrons. The minimum Gasteiger partial charge on any atom is -0.497 e. The van der Waals surface area contributed by atoms with Gasteiger partial charge in [0.25, 0.3) is 0 Å². The average Bonchev–Trinajstić information content (AvgIpc) is 2.53. The van der Waals surface area contributed by atoms with Gasteiger partial charge in [0, 0.05) is 6.08 Å². The molecule has 1 aliphatic carbocycles. The lowest BCUT2D eigenvalue weighted by Crippen LogP contribution is -2.35. The molecule has 0 N–H and O–H groups in total. The van der Waals surface area contributed by atoms with E-state index in [-0.39, 0.29) is 12.1 Å². The first-order valence-corrected chi connectivity index (χ1v) is 8.52. The predicted molar refractivity (Wildman–Crippen MR) is 93.3 cm³/mol. The molecule has 1 saturated carbocycles. The number of methoxy groups -OCH3 is 1. The van der Waals surface area contributed by atoms with Gasteiger partial charge in [-0.2, -0.15) is 0 Å². The maximum absolute atomic E-state index is 12.1. The number of carbonyl (C=O) groups is 1. The van der Waals surface area contributed by atoms with Gasteiger partial charge in [-0.1, -0.05) is 39.3 Å². The van der Waals surface area contributed by atoms with E-state index >= 15 is 0 Å². The highest BCUT2D eigenvalue weighted by Gasteiger charge is 2.32. The SMILES string of the molecule is COc1ccc(/C=C/C(=O)O[C@H]2C[C@@H](C)CCC2C(C)C)cc1. The van der Waals surface area contributed by atoms with E-state index in [2.05, 4.69) is 20.8 Å². The lowest BCUT2D eigenvalue weighted by atomic mass is 9.75. The highest BCUT2D eigenvalue weighted by atomic mass is 16.5. The Balaban J connectivity index is 1.95. The van der Waals surface area contributed by atoms with E-state index in [9.17, 15) is 4.79 Å². The number of hydrogen-bond acceptors (Lipinski definition) is 3. The van der Waals surface area contributed by atoms with Crippen LogP contribution in [0.25, 0.3) is 6.08 Å². The van der Waals surface area contributed by atoms with Crippen LogP contribution >= 0.6 is 0 Å². The Hall–Kier alpha value is -1.77. The highest BCUT2D eigenvalue weighted by molar-refractivity contribution is 5.87. The maximum atomic E-state index is 12.1. The van der Waals surface area contributed by atoms with Crippen molar-refractivity contribution in [3.05, 3.63) is 35.9 Å². The number of ether oxygens (including phenoxy) is 2. The molecule has 0 spiro atoms. The zero-order chi connectivity index (χ0) is 16.8. The van der Waals surface area contributed by atoms with Crippen LogP contribution < -0.4 is 4.74 Å². The van der Waals surface area contributed by atoms with Crippen molar-refractivity contribution in [1.29, 1.82) is 0 Å². The van der Waals surface area contributed by atoms with Crippen LogP contribution in [0.5, 0.6) is 5.75 Å². The lowest BCUT2D eigenvalue weighted by Gasteiger charge is -2.36. The smallest absolute Gasteiger partial charge is 0.331 e. The Morgan fingerprint density at radius 3 is 2.52 bits per heavy atom. The van der Waals surface area contributed by atoms with E-state index in [4.69, 9.17) is 9.47 Å². The molecule has 3 atom stereocenters. The van der Waals surface area contributed by atoms with E-state index < -0.39 is 0 Å². The maximum Gasteiger partial charge on any atom is 0.331 e. The van der Waals surface area contributed by atoms with Crippen molar-refractivity contribution in [2.45, 2.75) is 46.1 Å². The third-order valence-electron chi connectivity index (χ3n) is 4.76. The molecule has 1 unspecified atom stereocenters. The summed E-state index contributed by atoms with van der Waals surface area (Å²) in [5.41, 5.74) is 0.958. The molecule has 23 heavy (non-hydrogen) atoms. The van der Waals surface area contributed by atoms with Gasteiger partial charge in [0.1, 0.15) is 11.9 Å². The lowest BCUT2D eigenvalue weighted by molar-refractivity contribution is -0.149. The molecule has 0 heterocycles. The van der Waals surface area contributed by atoms with Crippen LogP contribution in [0.15, 0.2) is 30.3 Å². The molecule has 0 saturated heterocycles. The summed E-state index contributed by atoms with van der Waals surface area (Å²) in [6.45, 7) is 6.67. The minimum absolute atomic E-state index is 0.0479. The molecular formula is C20H28O3. The molecular weight excluding hydrogens is 288 g/mol. The summed E-state index contributed by atoms with van der Waals surface area (Å²) in [6.07, 6.45) is 6.73. The number of esters is 1. The summed E-state index contributed by atoms with van der Waals surface area (Å²) in [7, 11) is 1.64. The van der Waals surface area contributed by atoms with E-state index in [1.807, 2.05) is 24.3 Å². The van der Waals surface area contributed by atoms with Crippen LogP contribution in [0.2, 0.25) is 0 Å². The molecule has 0 amide bonds. The number of benzene rings is 1. The molecule has 0 aliphatic heterocycles. The Morgan fingerprint density at radius 1 is 1.22 bits per heavy atom. The first-order valence-electron chi connectivity index (χ1n) is 8.52. The molecule has 3 heteroatoms. The summed E-state index contributed by atoms with van der Waals surface area (Å²) in [6, 6.07) is 7.59. The van der Waals surface area contributed by atoms with Crippen molar-refractivity contribution in [3.8, 4) is 5.75 Å². The van der Waals surface area contributed by atoms with Crippen molar-refractivity contribution in [2.24, 2.45) is 17.8 Å². The van der Waals surface area contributed by atoms with Crippen LogP contribution in [0.3, 0.4) is 0 Å². The number of rotatable bonds is 5. The summed E-state index contributed by atoms with van der Waals surface area (Å²) >= 11 is 0. The van der Waals surface area contributed by atoms with Gasteiger partial charge in [-0.15, -0.1) is 0 Å². The van der Waals surface area contributed by atoms with Crippen molar-refractivity contribution < 1.29 is 14.3 Å². The van der Waals surface area contributed by atoms with Gasteiger partial charge in [-0.3, -0.25) is 0 Å². The van der Waals surface area contributed by atoms with Crippen molar-refractivity contribution in [2.75, 3.05) is 7.11 Å². The van der Waals surface area contributed by atoms with E-state index in [0.29, 0.717) is 17.8 Å². The monoisotopic (exact) mass is 316 g/mol. The molecule has 0 aromatic heterocycles. The van der Waals surface area contributed by atoms with Crippen molar-refractivity contribution in [3.63, 3.8) is 0 Å². The zero-order valence-electron chi connectivity index (χ0n) is 14.6. The van der Waals surface area contributed by atoms with Crippen LogP contribution in [0, 0.1) is 17.8 Å². The van der Waals surface area contributed by atoms with Crippen molar-refractivity contribution >= 4 is 12.0 Å². The molecule has 2 rings (SSSR count). The summed E-state index contributed by atoms with van der Waals surface area (Å²) in [4.78, 5) is 12.1. The normalized spacial score (nSPS) is 24.8. The second-order valence-electron chi connectivity index (χ2n) is 6.91. The first kappa shape index (κ1) is 17.6. The fourth-order valence-electron chi connectivity index (χ4n) is 3.32. The van der Waals surface area contributed by atoms with Crippen LogP contribution in [0.4, 0.5) is 0 Å². The Labute approximate surface area is 139 Å². The molecule has 3 nitrogen and oxygen atoms in total. The van der Waals surface area contributed by atoms with Gasteiger partial charge in [-0.05, 0) is 54.4 Å². The first-order chi connectivity index (χ1) is 11.0. The van der Waals surface area contributed by atoms with Crippen molar-refractivity contribution in [1.82, 2.24) is 0 Å². The molecule has 1 aromatic rings. The topological polar surface area (TPSA) is 35.5 Å². The number of carbonyl (C=O) groups excluding carboxylic acids is 1. The average molecular weight is 316 g/mol. The van der Waals surface area contributed by atoms with Gasteiger partial charge in [0.2, 0.25) is 0 Å². The second-order valence-corrected chi connectivity index (χ2v) is 6.91. The summed E-state index contributed by atoms with van der Waals surface area (Å²) in [5, 5.41) is 0. The number of hydrogen-bond donors (Lipinski definition) is 0. The van der Waals surface area contributed by atoms with E-state index in [1.165, 1.54) is 12.5 Å². The molecule has 1 aliphatic rings. The second kappa shape index (κ2) is 8.19. The summed E-state index contributed by atoms with van der Waals surface area (Å²) < 4.78 is 10.9. The summed E-state index contributed by atoms with van der Waals surface area (Å²) in [5.74, 6) is 2.22. The van der Waals surface area contributed by atoms with Gasteiger partial charge in [0.15, 0.2) is 0 Å². The largest absolute Gasteiger partial charge is 0.497 e. The van der Waals surface area contributed by atoms with Crippen LogP contribution in [-0.4, -0.2) is 19.2 Å². The predicted octanol–water partition coefficient (Wildman–Crippen LogP) is 4.71. The van der Waals surface area contributed by atoms with Gasteiger partial charge in [0.05, 0.1) is 7.11 Å². The molecule has 0 bridgehead atoms. The zero-order valence-corrected chi connectivity index (χ0v) is 14.6. The minimum atomic E-state index is -0.245.